The van der Waals surface area contributed by atoms with Crippen LogP contribution < -0.4 is 10.0 Å². The molecule has 0 saturated carbocycles. The van der Waals surface area contributed by atoms with Gasteiger partial charge in [0.2, 0.25) is 10.0 Å². The highest BCUT2D eigenvalue weighted by molar-refractivity contribution is 7.89. The Morgan fingerprint density at radius 3 is 3.00 bits per heavy atom. The molecule has 0 amide bonds. The highest BCUT2D eigenvalue weighted by Gasteiger charge is 2.26. The van der Waals surface area contributed by atoms with Crippen LogP contribution in [0.5, 0.6) is 0 Å². The normalized spacial score (nSPS) is 23.8. The Hall–Kier alpha value is -1.49. The number of hydrogen-bond acceptors (Lipinski definition) is 5. The van der Waals surface area contributed by atoms with E-state index in [2.05, 4.69) is 15.0 Å². The van der Waals surface area contributed by atoms with Crippen molar-refractivity contribution >= 4 is 10.0 Å². The molecule has 2 N–H and O–H groups in total. The van der Waals surface area contributed by atoms with Gasteiger partial charge in [-0.2, -0.15) is 5.26 Å². The zero-order valence-electron chi connectivity index (χ0n) is 10.6. The zero-order valence-corrected chi connectivity index (χ0v) is 11.4. The Labute approximate surface area is 112 Å². The molecule has 1 fully saturated rings. The van der Waals surface area contributed by atoms with Crippen molar-refractivity contribution < 1.29 is 8.42 Å². The first-order valence-corrected chi connectivity index (χ1v) is 7.62. The van der Waals surface area contributed by atoms with E-state index in [0.29, 0.717) is 0 Å². The lowest BCUT2D eigenvalue weighted by atomic mass is 10.0. The summed E-state index contributed by atoms with van der Waals surface area (Å²) in [7, 11) is -3.63. The molecule has 2 atom stereocenters. The molecular weight excluding hydrogens is 264 g/mol. The number of piperidine rings is 1. The van der Waals surface area contributed by atoms with Crippen LogP contribution in [0.15, 0.2) is 23.4 Å². The van der Waals surface area contributed by atoms with E-state index in [1.54, 1.807) is 0 Å². The molecule has 2 unspecified atom stereocenters. The second-order valence-electron chi connectivity index (χ2n) is 4.63. The van der Waals surface area contributed by atoms with Crippen molar-refractivity contribution in [1.82, 2.24) is 15.0 Å². The van der Waals surface area contributed by atoms with Gasteiger partial charge in [-0.15, -0.1) is 0 Å². The largest absolute Gasteiger partial charge is 0.313 e. The van der Waals surface area contributed by atoms with Gasteiger partial charge in [0, 0.05) is 24.5 Å². The number of sulfonamides is 1. The fraction of sp³-hybridized carbons (Fsp3) is 0.500. The van der Waals surface area contributed by atoms with Crippen molar-refractivity contribution in [3.63, 3.8) is 0 Å². The summed E-state index contributed by atoms with van der Waals surface area (Å²) in [6.45, 7) is 2.86. The maximum absolute atomic E-state index is 12.2. The molecule has 0 radical (unpaired) electrons. The maximum Gasteiger partial charge on any atom is 0.242 e. The van der Waals surface area contributed by atoms with Crippen LogP contribution in [0.25, 0.3) is 0 Å². The lowest BCUT2D eigenvalue weighted by Crippen LogP contribution is -2.51. The van der Waals surface area contributed by atoms with Crippen LogP contribution >= 0.6 is 0 Å². The van der Waals surface area contributed by atoms with Gasteiger partial charge in [-0.1, -0.05) is 0 Å². The molecule has 7 heteroatoms. The highest BCUT2D eigenvalue weighted by Crippen LogP contribution is 2.14. The van der Waals surface area contributed by atoms with Crippen molar-refractivity contribution in [3.05, 3.63) is 24.0 Å². The minimum atomic E-state index is -3.63. The Morgan fingerprint density at radius 2 is 2.32 bits per heavy atom. The van der Waals surface area contributed by atoms with Gasteiger partial charge in [-0.3, -0.25) is 4.98 Å². The monoisotopic (exact) mass is 280 g/mol. The van der Waals surface area contributed by atoms with Crippen LogP contribution in [0.3, 0.4) is 0 Å². The second-order valence-corrected chi connectivity index (χ2v) is 6.35. The first kappa shape index (κ1) is 13.9. The van der Waals surface area contributed by atoms with Gasteiger partial charge in [0.25, 0.3) is 0 Å². The quantitative estimate of drug-likeness (QED) is 0.834. The van der Waals surface area contributed by atoms with Crippen molar-refractivity contribution in [2.24, 2.45) is 0 Å². The van der Waals surface area contributed by atoms with Crippen LogP contribution in [0, 0.1) is 11.3 Å². The lowest BCUT2D eigenvalue weighted by molar-refractivity contribution is 0.349. The minimum Gasteiger partial charge on any atom is -0.313 e. The first-order chi connectivity index (χ1) is 9.03. The third-order valence-electron chi connectivity index (χ3n) is 3.22. The van der Waals surface area contributed by atoms with E-state index in [1.807, 2.05) is 13.0 Å². The lowest BCUT2D eigenvalue weighted by Gasteiger charge is -2.30. The molecule has 1 aromatic rings. The van der Waals surface area contributed by atoms with Crippen molar-refractivity contribution in [1.29, 1.82) is 5.26 Å². The molecular formula is C12H16N4O2S. The summed E-state index contributed by atoms with van der Waals surface area (Å²) in [5, 5.41) is 12.0. The molecule has 1 saturated heterocycles. The summed E-state index contributed by atoms with van der Waals surface area (Å²) >= 11 is 0. The summed E-state index contributed by atoms with van der Waals surface area (Å²) < 4.78 is 27.1. The van der Waals surface area contributed by atoms with E-state index >= 15 is 0 Å². The number of aromatic nitrogens is 1. The van der Waals surface area contributed by atoms with Gasteiger partial charge in [0.1, 0.15) is 11.0 Å². The van der Waals surface area contributed by atoms with Gasteiger partial charge >= 0.3 is 0 Å². The van der Waals surface area contributed by atoms with Crippen LogP contribution in [0.2, 0.25) is 0 Å². The van der Waals surface area contributed by atoms with Gasteiger partial charge < -0.3 is 5.32 Å². The highest BCUT2D eigenvalue weighted by atomic mass is 32.2. The van der Waals surface area contributed by atoms with Crippen molar-refractivity contribution in [2.75, 3.05) is 6.54 Å². The maximum atomic E-state index is 12.2. The van der Waals surface area contributed by atoms with Crippen LogP contribution in [0.4, 0.5) is 0 Å². The minimum absolute atomic E-state index is 0.0318. The van der Waals surface area contributed by atoms with E-state index in [0.717, 1.165) is 19.4 Å². The SMILES string of the molecule is CC1NCCCC1NS(=O)(=O)c1cncc(C#N)c1. The Balaban J connectivity index is 2.20. The van der Waals surface area contributed by atoms with Crippen LogP contribution in [-0.4, -0.2) is 32.0 Å². The first-order valence-electron chi connectivity index (χ1n) is 6.14. The number of hydrogen-bond donors (Lipinski definition) is 2. The Morgan fingerprint density at radius 1 is 1.53 bits per heavy atom. The zero-order chi connectivity index (χ0) is 13.9. The molecule has 1 aromatic heterocycles. The smallest absolute Gasteiger partial charge is 0.242 e. The van der Waals surface area contributed by atoms with Gasteiger partial charge in [-0.25, -0.2) is 13.1 Å². The fourth-order valence-corrected chi connectivity index (χ4v) is 3.44. The van der Waals surface area contributed by atoms with Crippen LogP contribution in [-0.2, 0) is 10.0 Å². The summed E-state index contributed by atoms with van der Waals surface area (Å²) in [5.41, 5.74) is 0.234. The number of nitriles is 1. The van der Waals surface area contributed by atoms with Crippen molar-refractivity contribution in [3.8, 4) is 6.07 Å². The predicted molar refractivity (Wildman–Crippen MR) is 69.8 cm³/mol. The average molecular weight is 280 g/mol. The molecule has 1 aliphatic rings. The van der Waals surface area contributed by atoms with Gasteiger partial charge in [0.15, 0.2) is 0 Å². The van der Waals surface area contributed by atoms with Gasteiger partial charge in [0.05, 0.1) is 5.56 Å². The number of rotatable bonds is 3. The molecule has 102 valence electrons. The number of pyridine rings is 1. The molecule has 2 heterocycles. The standard InChI is InChI=1S/C12H16N4O2S/c1-9-12(3-2-4-15-9)16-19(17,18)11-5-10(6-13)7-14-8-11/h5,7-9,12,15-16H,2-4H2,1H3. The Kier molecular flexibility index (Phi) is 4.14. The molecule has 6 nitrogen and oxygen atoms in total. The summed E-state index contributed by atoms with van der Waals surface area (Å²) in [5.74, 6) is 0. The van der Waals surface area contributed by atoms with E-state index in [9.17, 15) is 8.42 Å². The van der Waals surface area contributed by atoms with E-state index in [1.165, 1.54) is 18.5 Å². The summed E-state index contributed by atoms with van der Waals surface area (Å²) in [4.78, 5) is 3.81. The fourth-order valence-electron chi connectivity index (χ4n) is 2.10. The topological polar surface area (TPSA) is 94.9 Å². The molecule has 0 spiro atoms. The van der Waals surface area contributed by atoms with Crippen LogP contribution in [0.1, 0.15) is 25.3 Å². The number of nitrogens with zero attached hydrogens (tertiary/aromatic N) is 2. The summed E-state index contributed by atoms with van der Waals surface area (Å²) in [6.07, 6.45) is 4.33. The van der Waals surface area contributed by atoms with Gasteiger partial charge in [-0.05, 0) is 32.4 Å². The molecule has 0 bridgehead atoms. The number of nitrogens with one attached hydrogen (secondary N) is 2. The third kappa shape index (κ3) is 3.29. The van der Waals surface area contributed by atoms with Crippen molar-refractivity contribution in [2.45, 2.75) is 36.7 Å². The molecule has 0 aliphatic carbocycles. The molecule has 2 rings (SSSR count). The summed E-state index contributed by atoms with van der Waals surface area (Å²) in [6, 6.07) is 3.17. The van der Waals surface area contributed by atoms with E-state index in [4.69, 9.17) is 5.26 Å². The Bertz CT molecular complexity index is 594. The second kappa shape index (κ2) is 5.65. The third-order valence-corrected chi connectivity index (χ3v) is 4.68. The molecule has 1 aliphatic heterocycles. The molecule has 19 heavy (non-hydrogen) atoms. The van der Waals surface area contributed by atoms with E-state index in [-0.39, 0.29) is 22.5 Å². The predicted octanol–water partition coefficient (Wildman–Crippen LogP) is 0.372. The molecule has 0 aromatic carbocycles. The average Bonchev–Trinajstić information content (AvgIpc) is 2.41. The van der Waals surface area contributed by atoms with E-state index < -0.39 is 10.0 Å².